The van der Waals surface area contributed by atoms with Crippen LogP contribution in [0.15, 0.2) is 53.8 Å². The monoisotopic (exact) mass is 227 g/mol. The number of hydrogen-bond donors (Lipinski definition) is 2. The van der Waals surface area contributed by atoms with Gasteiger partial charge in [0.05, 0.1) is 0 Å². The molecule has 0 atom stereocenters. The van der Waals surface area contributed by atoms with Crippen molar-refractivity contribution in [1.29, 1.82) is 0 Å². The summed E-state index contributed by atoms with van der Waals surface area (Å²) >= 11 is 0. The predicted molar refractivity (Wildman–Crippen MR) is 67.6 cm³/mol. The van der Waals surface area contributed by atoms with Crippen molar-refractivity contribution < 1.29 is 4.79 Å². The van der Waals surface area contributed by atoms with Gasteiger partial charge in [0, 0.05) is 24.2 Å². The Morgan fingerprint density at radius 2 is 2.06 bits per heavy atom. The van der Waals surface area contributed by atoms with Crippen molar-refractivity contribution in [2.75, 3.05) is 0 Å². The van der Waals surface area contributed by atoms with E-state index in [0.29, 0.717) is 17.8 Å². The van der Waals surface area contributed by atoms with E-state index >= 15 is 0 Å². The second-order valence-corrected chi connectivity index (χ2v) is 3.88. The van der Waals surface area contributed by atoms with Gasteiger partial charge in [0.1, 0.15) is 0 Å². The third-order valence-electron chi connectivity index (χ3n) is 2.61. The highest BCUT2D eigenvalue weighted by molar-refractivity contribution is 5.96. The molecule has 87 valence electrons. The molecular formula is C14H15N2O. The Labute approximate surface area is 101 Å². The molecule has 1 aliphatic carbocycles. The maximum absolute atomic E-state index is 11.9. The first-order chi connectivity index (χ1) is 8.27. The van der Waals surface area contributed by atoms with Crippen LogP contribution in [-0.4, -0.2) is 5.91 Å². The maximum Gasteiger partial charge on any atom is 0.249 e. The lowest BCUT2D eigenvalue weighted by Gasteiger charge is -2.12. The van der Waals surface area contributed by atoms with Crippen molar-refractivity contribution in [1.82, 2.24) is 5.32 Å². The van der Waals surface area contributed by atoms with Gasteiger partial charge >= 0.3 is 0 Å². The number of carbonyl (C=O) groups excluding carboxylic acids is 1. The SMILES string of the molecule is NC1=C(C(=O)NCc2ccccc2)[CH]CC=C1. The second kappa shape index (κ2) is 5.34. The number of allylic oxidation sites excluding steroid dienone is 2. The fourth-order valence-electron chi connectivity index (χ4n) is 1.69. The molecule has 1 aromatic carbocycles. The highest BCUT2D eigenvalue weighted by Gasteiger charge is 2.14. The molecule has 2 rings (SSSR count). The van der Waals surface area contributed by atoms with E-state index < -0.39 is 0 Å². The molecular weight excluding hydrogens is 212 g/mol. The van der Waals surface area contributed by atoms with Crippen LogP contribution >= 0.6 is 0 Å². The molecule has 0 unspecified atom stereocenters. The number of benzene rings is 1. The van der Waals surface area contributed by atoms with E-state index in [1.54, 1.807) is 6.08 Å². The molecule has 0 saturated heterocycles. The summed E-state index contributed by atoms with van der Waals surface area (Å²) in [6, 6.07) is 9.80. The topological polar surface area (TPSA) is 55.1 Å². The van der Waals surface area contributed by atoms with Crippen LogP contribution in [-0.2, 0) is 11.3 Å². The van der Waals surface area contributed by atoms with Gasteiger partial charge < -0.3 is 11.1 Å². The molecule has 0 fully saturated rings. The molecule has 1 amide bonds. The van der Waals surface area contributed by atoms with Crippen molar-refractivity contribution in [3.05, 3.63) is 65.7 Å². The zero-order valence-corrected chi connectivity index (χ0v) is 9.52. The summed E-state index contributed by atoms with van der Waals surface area (Å²) in [6.45, 7) is 0.522. The highest BCUT2D eigenvalue weighted by atomic mass is 16.1. The summed E-state index contributed by atoms with van der Waals surface area (Å²) in [7, 11) is 0. The number of nitrogens with one attached hydrogen (secondary N) is 1. The third-order valence-corrected chi connectivity index (χ3v) is 2.61. The minimum absolute atomic E-state index is 0.115. The fourth-order valence-corrected chi connectivity index (χ4v) is 1.69. The van der Waals surface area contributed by atoms with Crippen LogP contribution in [0, 0.1) is 6.42 Å². The van der Waals surface area contributed by atoms with E-state index in [2.05, 4.69) is 5.32 Å². The van der Waals surface area contributed by atoms with Gasteiger partial charge in [-0.2, -0.15) is 0 Å². The lowest BCUT2D eigenvalue weighted by molar-refractivity contribution is -0.117. The van der Waals surface area contributed by atoms with E-state index in [1.165, 1.54) is 0 Å². The van der Waals surface area contributed by atoms with Crippen LogP contribution in [0.25, 0.3) is 0 Å². The van der Waals surface area contributed by atoms with Gasteiger partial charge in [-0.05, 0) is 18.1 Å². The molecule has 3 heteroatoms. The second-order valence-electron chi connectivity index (χ2n) is 3.88. The zero-order valence-electron chi connectivity index (χ0n) is 9.52. The summed E-state index contributed by atoms with van der Waals surface area (Å²) in [5.74, 6) is -0.115. The van der Waals surface area contributed by atoms with Gasteiger partial charge in [-0.3, -0.25) is 4.79 Å². The predicted octanol–water partition coefficient (Wildman–Crippen LogP) is 1.68. The van der Waals surface area contributed by atoms with E-state index in [0.717, 1.165) is 12.0 Å². The van der Waals surface area contributed by atoms with E-state index in [9.17, 15) is 4.79 Å². The number of nitrogens with two attached hydrogens (primary N) is 1. The Hall–Kier alpha value is -2.03. The largest absolute Gasteiger partial charge is 0.398 e. The standard InChI is InChI=1S/C14H15N2O/c15-13-9-5-4-8-12(13)14(17)16-10-11-6-2-1-3-7-11/h1-3,5-9H,4,10,15H2,(H,16,17). The van der Waals surface area contributed by atoms with E-state index in [4.69, 9.17) is 5.73 Å². The Bertz CT molecular complexity index is 460. The average molecular weight is 227 g/mol. The number of carbonyl (C=O) groups is 1. The quantitative estimate of drug-likeness (QED) is 0.825. The van der Waals surface area contributed by atoms with Gasteiger partial charge in [-0.15, -0.1) is 0 Å². The zero-order chi connectivity index (χ0) is 12.1. The maximum atomic E-state index is 11.9. The van der Waals surface area contributed by atoms with Crippen LogP contribution in [0.3, 0.4) is 0 Å². The fraction of sp³-hybridized carbons (Fsp3) is 0.143. The molecule has 0 aliphatic heterocycles. The average Bonchev–Trinajstić information content (AvgIpc) is 2.38. The first-order valence-electron chi connectivity index (χ1n) is 5.59. The molecule has 0 saturated carbocycles. The Morgan fingerprint density at radius 3 is 2.76 bits per heavy atom. The van der Waals surface area contributed by atoms with Crippen LogP contribution in [0.4, 0.5) is 0 Å². The molecule has 0 heterocycles. The number of amides is 1. The summed E-state index contributed by atoms with van der Waals surface area (Å²) < 4.78 is 0. The van der Waals surface area contributed by atoms with Crippen LogP contribution in [0.1, 0.15) is 12.0 Å². The van der Waals surface area contributed by atoms with Crippen LogP contribution < -0.4 is 11.1 Å². The molecule has 17 heavy (non-hydrogen) atoms. The summed E-state index contributed by atoms with van der Waals surface area (Å²) in [6.07, 6.45) is 6.31. The van der Waals surface area contributed by atoms with Crippen LogP contribution in [0.5, 0.6) is 0 Å². The van der Waals surface area contributed by atoms with Gasteiger partial charge in [0.25, 0.3) is 0 Å². The summed E-state index contributed by atoms with van der Waals surface area (Å²) in [4.78, 5) is 11.9. The normalized spacial score (nSPS) is 14.8. The molecule has 1 aliphatic rings. The van der Waals surface area contributed by atoms with Gasteiger partial charge in [0.2, 0.25) is 5.91 Å². The lowest BCUT2D eigenvalue weighted by Crippen LogP contribution is -2.27. The molecule has 3 nitrogen and oxygen atoms in total. The van der Waals surface area contributed by atoms with Gasteiger partial charge in [-0.25, -0.2) is 0 Å². The van der Waals surface area contributed by atoms with Gasteiger partial charge in [-0.1, -0.05) is 36.4 Å². The van der Waals surface area contributed by atoms with Crippen molar-refractivity contribution in [3.8, 4) is 0 Å². The number of hydrogen-bond acceptors (Lipinski definition) is 2. The third kappa shape index (κ3) is 2.97. The van der Waals surface area contributed by atoms with Gasteiger partial charge in [0.15, 0.2) is 0 Å². The van der Waals surface area contributed by atoms with Crippen LogP contribution in [0.2, 0.25) is 0 Å². The molecule has 1 radical (unpaired) electrons. The Morgan fingerprint density at radius 1 is 1.29 bits per heavy atom. The van der Waals surface area contributed by atoms with E-state index in [1.807, 2.05) is 42.8 Å². The lowest BCUT2D eigenvalue weighted by atomic mass is 10.0. The molecule has 1 aromatic rings. The molecule has 0 spiro atoms. The minimum Gasteiger partial charge on any atom is -0.398 e. The Kier molecular flexibility index (Phi) is 3.60. The molecule has 0 aromatic heterocycles. The Balaban J connectivity index is 1.96. The first kappa shape index (κ1) is 11.5. The number of rotatable bonds is 3. The van der Waals surface area contributed by atoms with E-state index in [-0.39, 0.29) is 5.91 Å². The summed E-state index contributed by atoms with van der Waals surface area (Å²) in [5, 5.41) is 2.86. The highest BCUT2D eigenvalue weighted by Crippen LogP contribution is 2.14. The molecule has 0 bridgehead atoms. The first-order valence-corrected chi connectivity index (χ1v) is 5.59. The minimum atomic E-state index is -0.115. The smallest absolute Gasteiger partial charge is 0.249 e. The van der Waals surface area contributed by atoms with Crippen molar-refractivity contribution in [3.63, 3.8) is 0 Å². The summed E-state index contributed by atoms with van der Waals surface area (Å²) in [5.41, 5.74) is 7.93. The van der Waals surface area contributed by atoms with Crippen molar-refractivity contribution >= 4 is 5.91 Å². The molecule has 3 N–H and O–H groups in total. The van der Waals surface area contributed by atoms with Crippen molar-refractivity contribution in [2.24, 2.45) is 5.73 Å². The van der Waals surface area contributed by atoms with Crippen molar-refractivity contribution in [2.45, 2.75) is 13.0 Å².